The lowest BCUT2D eigenvalue weighted by Crippen LogP contribution is -2.30. The third-order valence-corrected chi connectivity index (χ3v) is 4.42. The fraction of sp³-hybridized carbons (Fsp3) is 0.222. The van der Waals surface area contributed by atoms with Gasteiger partial charge in [0.05, 0.1) is 23.9 Å². The molecule has 0 aliphatic heterocycles. The first-order valence-electron chi connectivity index (χ1n) is 7.91. The fourth-order valence-corrected chi connectivity index (χ4v) is 2.78. The number of hydrogen-bond donors (Lipinski definition) is 1. The van der Waals surface area contributed by atoms with Crippen LogP contribution in [0, 0.1) is 10.1 Å². The van der Waals surface area contributed by atoms with Crippen molar-refractivity contribution in [2.75, 3.05) is 18.2 Å². The van der Waals surface area contributed by atoms with E-state index in [9.17, 15) is 19.7 Å². The van der Waals surface area contributed by atoms with Gasteiger partial charge in [-0.3, -0.25) is 19.7 Å². The second-order valence-electron chi connectivity index (χ2n) is 5.36. The second kappa shape index (κ2) is 9.58. The Balaban J connectivity index is 1.93. The first-order valence-corrected chi connectivity index (χ1v) is 8.90. The van der Waals surface area contributed by atoms with Crippen LogP contribution in [0.25, 0.3) is 0 Å². The van der Waals surface area contributed by atoms with E-state index in [1.54, 1.807) is 0 Å². The highest BCUT2D eigenvalue weighted by atomic mass is 32.2. The molecule has 0 spiro atoms. The van der Waals surface area contributed by atoms with Crippen molar-refractivity contribution in [2.24, 2.45) is 0 Å². The van der Waals surface area contributed by atoms with Crippen LogP contribution in [0.15, 0.2) is 53.4 Å². The van der Waals surface area contributed by atoms with Gasteiger partial charge in [-0.25, -0.2) is 0 Å². The molecule has 0 fully saturated rings. The largest absolute Gasteiger partial charge is 0.496 e. The molecule has 2 rings (SSSR count). The van der Waals surface area contributed by atoms with Crippen LogP contribution >= 0.6 is 11.8 Å². The number of thioether (sulfide) groups is 1. The zero-order valence-electron chi connectivity index (χ0n) is 14.7. The van der Waals surface area contributed by atoms with Crippen LogP contribution in [0.1, 0.15) is 6.92 Å². The minimum Gasteiger partial charge on any atom is -0.496 e. The van der Waals surface area contributed by atoms with E-state index in [1.807, 2.05) is 30.3 Å². The number of benzene rings is 2. The predicted molar refractivity (Wildman–Crippen MR) is 101 cm³/mol. The molecule has 0 aromatic heterocycles. The van der Waals surface area contributed by atoms with Crippen molar-refractivity contribution in [3.63, 3.8) is 0 Å². The zero-order valence-corrected chi connectivity index (χ0v) is 15.5. The van der Waals surface area contributed by atoms with Gasteiger partial charge in [-0.1, -0.05) is 18.2 Å². The molecule has 0 radical (unpaired) electrons. The molecule has 1 amide bonds. The van der Waals surface area contributed by atoms with E-state index in [-0.39, 0.29) is 22.9 Å². The summed E-state index contributed by atoms with van der Waals surface area (Å²) in [6.45, 7) is 1.40. The van der Waals surface area contributed by atoms with Crippen LogP contribution in [-0.2, 0) is 14.3 Å². The normalized spacial score (nSPS) is 11.3. The predicted octanol–water partition coefficient (Wildman–Crippen LogP) is 3.27. The van der Waals surface area contributed by atoms with Gasteiger partial charge < -0.3 is 14.8 Å². The number of anilines is 1. The van der Waals surface area contributed by atoms with E-state index in [4.69, 9.17) is 9.47 Å². The Morgan fingerprint density at radius 2 is 1.93 bits per heavy atom. The second-order valence-corrected chi connectivity index (χ2v) is 6.41. The summed E-state index contributed by atoms with van der Waals surface area (Å²) in [7, 11) is 1.38. The van der Waals surface area contributed by atoms with E-state index in [1.165, 1.54) is 44.0 Å². The van der Waals surface area contributed by atoms with Gasteiger partial charge in [-0.15, -0.1) is 11.8 Å². The molecule has 2 aromatic carbocycles. The van der Waals surface area contributed by atoms with E-state index < -0.39 is 22.9 Å². The lowest BCUT2D eigenvalue weighted by molar-refractivity contribution is -0.384. The summed E-state index contributed by atoms with van der Waals surface area (Å²) in [5, 5.41) is 13.6. The number of ether oxygens (including phenoxy) is 2. The van der Waals surface area contributed by atoms with Crippen LogP contribution in [0.2, 0.25) is 0 Å². The Morgan fingerprint density at radius 1 is 1.22 bits per heavy atom. The average Bonchev–Trinajstić information content (AvgIpc) is 2.67. The number of carbonyl (C=O) groups is 2. The quantitative estimate of drug-likeness (QED) is 0.319. The fourth-order valence-electron chi connectivity index (χ4n) is 2.07. The standard InChI is InChI=1S/C18H18N2O6S/c1-12(26-17(21)11-27-14-6-4-3-5-7-14)18(22)19-15-9-8-13(25-2)10-16(15)20(23)24/h3-10,12H,11H2,1-2H3,(H,19,22)/t12-/m0/s1. The maximum Gasteiger partial charge on any atom is 0.317 e. The van der Waals surface area contributed by atoms with Crippen LogP contribution in [0.4, 0.5) is 11.4 Å². The lowest BCUT2D eigenvalue weighted by atomic mass is 10.2. The third-order valence-electron chi connectivity index (χ3n) is 3.44. The minimum absolute atomic E-state index is 0.00707. The molecule has 1 atom stereocenters. The highest BCUT2D eigenvalue weighted by Gasteiger charge is 2.22. The number of esters is 1. The molecular formula is C18H18N2O6S. The summed E-state index contributed by atoms with van der Waals surface area (Å²) in [6, 6.07) is 13.3. The van der Waals surface area contributed by atoms with Crippen LogP contribution in [0.3, 0.4) is 0 Å². The molecule has 2 aromatic rings. The molecule has 142 valence electrons. The Labute approximate surface area is 160 Å². The number of nitro groups is 1. The van der Waals surface area contributed by atoms with Crippen molar-refractivity contribution in [1.29, 1.82) is 0 Å². The van der Waals surface area contributed by atoms with Gasteiger partial charge in [0.2, 0.25) is 0 Å². The molecule has 9 heteroatoms. The van der Waals surface area contributed by atoms with Crippen molar-refractivity contribution < 1.29 is 24.0 Å². The van der Waals surface area contributed by atoms with Gasteiger partial charge in [0.1, 0.15) is 11.4 Å². The number of amides is 1. The summed E-state index contributed by atoms with van der Waals surface area (Å²) < 4.78 is 10.0. The molecular weight excluding hydrogens is 372 g/mol. The molecule has 0 saturated heterocycles. The molecule has 0 unspecified atom stereocenters. The third kappa shape index (κ3) is 6.00. The van der Waals surface area contributed by atoms with E-state index in [2.05, 4.69) is 5.32 Å². The SMILES string of the molecule is COc1ccc(NC(=O)[C@H](C)OC(=O)CSc2ccccc2)c([N+](=O)[O-])c1. The molecule has 27 heavy (non-hydrogen) atoms. The van der Waals surface area contributed by atoms with Gasteiger partial charge in [-0.05, 0) is 31.2 Å². The molecule has 0 saturated carbocycles. The number of hydrogen-bond acceptors (Lipinski definition) is 7. The monoisotopic (exact) mass is 390 g/mol. The van der Waals surface area contributed by atoms with Crippen LogP contribution in [-0.4, -0.2) is 35.8 Å². The molecule has 1 N–H and O–H groups in total. The number of nitrogens with zero attached hydrogens (tertiary/aromatic N) is 1. The summed E-state index contributed by atoms with van der Waals surface area (Å²) in [5.74, 6) is -0.890. The van der Waals surface area contributed by atoms with E-state index >= 15 is 0 Å². The zero-order chi connectivity index (χ0) is 19.8. The Kier molecular flexibility index (Phi) is 7.18. The number of methoxy groups -OCH3 is 1. The first-order chi connectivity index (χ1) is 12.9. The van der Waals surface area contributed by atoms with Crippen molar-refractivity contribution >= 4 is 35.0 Å². The first kappa shape index (κ1) is 20.2. The average molecular weight is 390 g/mol. The number of nitrogens with one attached hydrogen (secondary N) is 1. The van der Waals surface area contributed by atoms with Crippen molar-refractivity contribution in [2.45, 2.75) is 17.9 Å². The van der Waals surface area contributed by atoms with Crippen molar-refractivity contribution in [3.05, 3.63) is 58.6 Å². The summed E-state index contributed by atoms with van der Waals surface area (Å²) in [6.07, 6.45) is -1.10. The molecule has 8 nitrogen and oxygen atoms in total. The van der Waals surface area contributed by atoms with Gasteiger partial charge in [0.25, 0.3) is 11.6 Å². The summed E-state index contributed by atoms with van der Waals surface area (Å²) in [5.41, 5.74) is -0.326. The summed E-state index contributed by atoms with van der Waals surface area (Å²) >= 11 is 1.29. The van der Waals surface area contributed by atoms with Gasteiger partial charge in [0, 0.05) is 4.90 Å². The highest BCUT2D eigenvalue weighted by Crippen LogP contribution is 2.29. The van der Waals surface area contributed by atoms with Crippen LogP contribution in [0.5, 0.6) is 5.75 Å². The van der Waals surface area contributed by atoms with Crippen molar-refractivity contribution in [3.8, 4) is 5.75 Å². The minimum atomic E-state index is -1.10. The number of nitro benzene ring substituents is 1. The molecule has 0 aliphatic carbocycles. The van der Waals surface area contributed by atoms with Crippen LogP contribution < -0.4 is 10.1 Å². The lowest BCUT2D eigenvalue weighted by Gasteiger charge is -2.14. The van der Waals surface area contributed by atoms with E-state index in [0.717, 1.165) is 4.90 Å². The topological polar surface area (TPSA) is 108 Å². The number of carbonyl (C=O) groups excluding carboxylic acids is 2. The van der Waals surface area contributed by atoms with Gasteiger partial charge >= 0.3 is 5.97 Å². The van der Waals surface area contributed by atoms with Gasteiger partial charge in [0.15, 0.2) is 6.10 Å². The molecule has 0 aliphatic rings. The number of rotatable bonds is 8. The molecule has 0 bridgehead atoms. The van der Waals surface area contributed by atoms with Crippen molar-refractivity contribution in [1.82, 2.24) is 0 Å². The van der Waals surface area contributed by atoms with Gasteiger partial charge in [-0.2, -0.15) is 0 Å². The Morgan fingerprint density at radius 3 is 2.56 bits per heavy atom. The Hall–Kier alpha value is -3.07. The Bertz CT molecular complexity index is 828. The highest BCUT2D eigenvalue weighted by molar-refractivity contribution is 8.00. The maximum atomic E-state index is 12.2. The van der Waals surface area contributed by atoms with E-state index in [0.29, 0.717) is 0 Å². The molecule has 0 heterocycles. The maximum absolute atomic E-state index is 12.2. The smallest absolute Gasteiger partial charge is 0.317 e. The summed E-state index contributed by atoms with van der Waals surface area (Å²) in [4.78, 5) is 35.5.